The number of halogens is 3. The Morgan fingerprint density at radius 3 is 2.13 bits per heavy atom. The summed E-state index contributed by atoms with van der Waals surface area (Å²) in [5.41, 5.74) is -0.0651. The first-order valence-corrected chi connectivity index (χ1v) is 12.2. The number of fused-ring (bicyclic) bond motifs is 1. The van der Waals surface area contributed by atoms with E-state index in [9.17, 15) is 37.5 Å². The smallest absolute Gasteiger partial charge is 0.416 e. The Morgan fingerprint density at radius 1 is 0.821 bits per heavy atom. The number of carbonyl (C=O) groups excluding carboxylic acids is 3. The van der Waals surface area contributed by atoms with E-state index in [-0.39, 0.29) is 33.6 Å². The van der Waals surface area contributed by atoms with E-state index in [1.807, 2.05) is 4.90 Å². The Balaban J connectivity index is 1.50. The maximum absolute atomic E-state index is 13.4. The lowest BCUT2D eigenvalue weighted by Gasteiger charge is -2.31. The van der Waals surface area contributed by atoms with Gasteiger partial charge in [-0.2, -0.15) is 13.2 Å². The van der Waals surface area contributed by atoms with Crippen molar-refractivity contribution in [2.75, 3.05) is 28.2 Å². The van der Waals surface area contributed by atoms with Gasteiger partial charge >= 0.3 is 12.1 Å². The summed E-state index contributed by atoms with van der Waals surface area (Å²) in [4.78, 5) is 53.9. The summed E-state index contributed by atoms with van der Waals surface area (Å²) in [5.74, 6) is -3.25. The number of carboxylic acids is 1. The van der Waals surface area contributed by atoms with Gasteiger partial charge < -0.3 is 15.3 Å². The summed E-state index contributed by atoms with van der Waals surface area (Å²) in [6.45, 7) is 1.37. The van der Waals surface area contributed by atoms with Gasteiger partial charge in [0, 0.05) is 24.5 Å². The lowest BCUT2D eigenvalue weighted by atomic mass is 10.0. The average Bonchev–Trinajstić information content (AvgIpc) is 3.17. The molecule has 11 heteroatoms. The number of hydrogen-bond donors (Lipinski definition) is 2. The van der Waals surface area contributed by atoms with Gasteiger partial charge in [0.1, 0.15) is 0 Å². The lowest BCUT2D eigenvalue weighted by Crippen LogP contribution is -2.33. The van der Waals surface area contributed by atoms with Gasteiger partial charge in [-0.3, -0.25) is 14.4 Å². The summed E-state index contributed by atoms with van der Waals surface area (Å²) in [5, 5.41) is 11.9. The Bertz CT molecular complexity index is 1500. The number of amides is 3. The summed E-state index contributed by atoms with van der Waals surface area (Å²) >= 11 is 0. The highest BCUT2D eigenvalue weighted by Crippen LogP contribution is 2.34. The highest BCUT2D eigenvalue weighted by molar-refractivity contribution is 6.35. The molecule has 0 spiro atoms. The predicted molar refractivity (Wildman–Crippen MR) is 136 cm³/mol. The number of hydrogen-bond acceptors (Lipinski definition) is 5. The molecule has 3 amide bonds. The van der Waals surface area contributed by atoms with E-state index in [1.54, 1.807) is 12.1 Å². The third-order valence-electron chi connectivity index (χ3n) is 6.78. The Hall–Kier alpha value is -4.67. The van der Waals surface area contributed by atoms with Gasteiger partial charge in [0.2, 0.25) is 0 Å². The van der Waals surface area contributed by atoms with E-state index in [0.717, 1.165) is 54.5 Å². The third-order valence-corrected chi connectivity index (χ3v) is 6.78. The molecule has 0 aliphatic carbocycles. The van der Waals surface area contributed by atoms with E-state index in [0.29, 0.717) is 18.8 Å². The zero-order valence-corrected chi connectivity index (χ0v) is 20.4. The minimum Gasteiger partial charge on any atom is -0.478 e. The fraction of sp³-hybridized carbons (Fsp3) is 0.214. The van der Waals surface area contributed by atoms with Crippen LogP contribution in [0.4, 0.5) is 30.2 Å². The largest absolute Gasteiger partial charge is 0.478 e. The minimum atomic E-state index is -4.52. The van der Waals surface area contributed by atoms with Gasteiger partial charge in [0.15, 0.2) is 0 Å². The van der Waals surface area contributed by atoms with Gasteiger partial charge in [-0.05, 0) is 79.9 Å². The molecule has 1 fully saturated rings. The van der Waals surface area contributed by atoms with E-state index >= 15 is 0 Å². The normalized spacial score (nSPS) is 15.4. The second kappa shape index (κ2) is 9.90. The minimum absolute atomic E-state index is 0.0425. The number of aromatic carboxylic acids is 1. The summed E-state index contributed by atoms with van der Waals surface area (Å²) in [6.07, 6.45) is -1.66. The number of carbonyl (C=O) groups is 4. The SMILES string of the molecule is O=C(O)c1ccc2c(c1)C(=O)N(c1ccc(N3CCCCC3)c(C(=O)Nc3ccc(C(F)(F)F)cc3)c1)C2=O. The Kier molecular flexibility index (Phi) is 6.59. The molecule has 2 N–H and O–H groups in total. The predicted octanol–water partition coefficient (Wildman–Crippen LogP) is 5.45. The number of nitrogens with zero attached hydrogens (tertiary/aromatic N) is 2. The molecule has 39 heavy (non-hydrogen) atoms. The standard InChI is InChI=1S/C28H22F3N3O5/c29-28(30,31)17-5-7-18(8-6-17)32-24(35)22-15-19(9-11-23(22)33-12-2-1-3-13-33)34-25(36)20-10-4-16(27(38)39)14-21(20)26(34)37/h4-11,14-15H,1-3,12-13H2,(H,32,35)(H,38,39). The monoisotopic (exact) mass is 537 g/mol. The van der Waals surface area contributed by atoms with Gasteiger partial charge in [0.25, 0.3) is 17.7 Å². The fourth-order valence-electron chi connectivity index (χ4n) is 4.80. The van der Waals surface area contributed by atoms with E-state index in [4.69, 9.17) is 0 Å². The molecule has 0 atom stereocenters. The Morgan fingerprint density at radius 2 is 1.49 bits per heavy atom. The molecule has 200 valence electrons. The van der Waals surface area contributed by atoms with Crippen LogP contribution in [-0.4, -0.2) is 41.9 Å². The van der Waals surface area contributed by atoms with E-state index in [2.05, 4.69) is 5.32 Å². The van der Waals surface area contributed by atoms with Crippen LogP contribution in [0, 0.1) is 0 Å². The third kappa shape index (κ3) is 4.95. The summed E-state index contributed by atoms with van der Waals surface area (Å²) in [6, 6.07) is 12.2. The van der Waals surface area contributed by atoms with E-state index < -0.39 is 35.4 Å². The van der Waals surface area contributed by atoms with Crippen LogP contribution < -0.4 is 15.1 Å². The topological polar surface area (TPSA) is 107 Å². The fourth-order valence-corrected chi connectivity index (χ4v) is 4.80. The first kappa shape index (κ1) is 26.0. The van der Waals surface area contributed by atoms with Crippen LogP contribution >= 0.6 is 0 Å². The van der Waals surface area contributed by atoms with Crippen LogP contribution in [0.1, 0.15) is 66.3 Å². The zero-order chi connectivity index (χ0) is 27.9. The lowest BCUT2D eigenvalue weighted by molar-refractivity contribution is -0.137. The van der Waals surface area contributed by atoms with Crippen molar-refractivity contribution in [3.63, 3.8) is 0 Å². The quantitative estimate of drug-likeness (QED) is 0.420. The molecule has 0 aromatic heterocycles. The number of piperidine rings is 1. The molecule has 1 saturated heterocycles. The van der Waals surface area contributed by atoms with Crippen molar-refractivity contribution < 1.29 is 37.5 Å². The van der Waals surface area contributed by atoms with Crippen molar-refractivity contribution >= 4 is 40.8 Å². The van der Waals surface area contributed by atoms with Crippen molar-refractivity contribution in [1.82, 2.24) is 0 Å². The molecule has 8 nitrogen and oxygen atoms in total. The number of carboxylic acid groups (broad SMARTS) is 1. The van der Waals surface area contributed by atoms with Crippen molar-refractivity contribution in [2.45, 2.75) is 25.4 Å². The van der Waals surface area contributed by atoms with Crippen LogP contribution in [-0.2, 0) is 6.18 Å². The molecule has 0 unspecified atom stereocenters. The average molecular weight is 537 g/mol. The first-order valence-electron chi connectivity index (χ1n) is 12.2. The maximum Gasteiger partial charge on any atom is 0.416 e. The second-order valence-corrected chi connectivity index (χ2v) is 9.29. The highest BCUT2D eigenvalue weighted by atomic mass is 19.4. The second-order valence-electron chi connectivity index (χ2n) is 9.29. The van der Waals surface area contributed by atoms with Crippen molar-refractivity contribution in [1.29, 1.82) is 0 Å². The number of rotatable bonds is 5. The molecule has 3 aromatic carbocycles. The summed E-state index contributed by atoms with van der Waals surface area (Å²) < 4.78 is 38.8. The van der Waals surface area contributed by atoms with Gasteiger partial charge in [-0.25, -0.2) is 9.69 Å². The van der Waals surface area contributed by atoms with Crippen molar-refractivity contribution in [2.24, 2.45) is 0 Å². The van der Waals surface area contributed by atoms with Gasteiger partial charge in [-0.15, -0.1) is 0 Å². The molecular formula is C28H22F3N3O5. The number of imide groups is 1. The number of anilines is 3. The molecule has 3 aromatic rings. The molecule has 0 bridgehead atoms. The number of benzene rings is 3. The number of nitrogens with one attached hydrogen (secondary N) is 1. The van der Waals surface area contributed by atoms with Crippen LogP contribution in [0.2, 0.25) is 0 Å². The molecule has 0 radical (unpaired) electrons. The molecule has 2 heterocycles. The first-order chi connectivity index (χ1) is 18.5. The van der Waals surface area contributed by atoms with Crippen molar-refractivity contribution in [3.8, 4) is 0 Å². The molecule has 2 aliphatic rings. The zero-order valence-electron chi connectivity index (χ0n) is 20.4. The maximum atomic E-state index is 13.4. The molecular weight excluding hydrogens is 515 g/mol. The van der Waals surface area contributed by atoms with Crippen molar-refractivity contribution in [3.05, 3.63) is 88.5 Å². The molecule has 0 saturated carbocycles. The van der Waals surface area contributed by atoms with E-state index in [1.165, 1.54) is 18.2 Å². The number of alkyl halides is 3. The van der Waals surface area contributed by atoms with Crippen LogP contribution in [0.5, 0.6) is 0 Å². The van der Waals surface area contributed by atoms with Crippen LogP contribution in [0.15, 0.2) is 60.7 Å². The highest BCUT2D eigenvalue weighted by Gasteiger charge is 2.38. The molecule has 2 aliphatic heterocycles. The van der Waals surface area contributed by atoms with Crippen LogP contribution in [0.25, 0.3) is 0 Å². The Labute approximate surface area is 220 Å². The summed E-state index contributed by atoms with van der Waals surface area (Å²) in [7, 11) is 0. The van der Waals surface area contributed by atoms with Gasteiger partial charge in [-0.1, -0.05) is 0 Å². The van der Waals surface area contributed by atoms with Crippen LogP contribution in [0.3, 0.4) is 0 Å². The van der Waals surface area contributed by atoms with Gasteiger partial charge in [0.05, 0.1) is 33.5 Å². The molecule has 5 rings (SSSR count).